The smallest absolute Gasteiger partial charge is 0.251 e. The lowest BCUT2D eigenvalue weighted by Crippen LogP contribution is -2.37. The van der Waals surface area contributed by atoms with Gasteiger partial charge >= 0.3 is 0 Å². The highest BCUT2D eigenvalue weighted by atomic mass is 16.2. The van der Waals surface area contributed by atoms with Gasteiger partial charge in [-0.05, 0) is 42.7 Å². The molecular weight excluding hydrogens is 302 g/mol. The summed E-state index contributed by atoms with van der Waals surface area (Å²) in [5.41, 5.74) is 8.16. The Labute approximate surface area is 142 Å². The van der Waals surface area contributed by atoms with E-state index in [0.29, 0.717) is 24.2 Å². The maximum Gasteiger partial charge on any atom is 0.251 e. The maximum atomic E-state index is 12.2. The molecule has 5 heteroatoms. The maximum absolute atomic E-state index is 12.2. The van der Waals surface area contributed by atoms with Crippen molar-refractivity contribution in [1.29, 1.82) is 0 Å². The Morgan fingerprint density at radius 3 is 2.33 bits per heavy atom. The van der Waals surface area contributed by atoms with Crippen molar-refractivity contribution in [1.82, 2.24) is 5.32 Å². The van der Waals surface area contributed by atoms with Crippen LogP contribution >= 0.6 is 0 Å². The van der Waals surface area contributed by atoms with Crippen molar-refractivity contribution in [3.8, 4) is 0 Å². The second kappa shape index (κ2) is 8.84. The third kappa shape index (κ3) is 5.21. The molecule has 0 aliphatic heterocycles. The number of benzene rings is 2. The minimum atomic E-state index is -0.625. The highest BCUT2D eigenvalue weighted by Crippen LogP contribution is 2.11. The van der Waals surface area contributed by atoms with Crippen molar-refractivity contribution in [2.75, 3.05) is 11.9 Å². The number of amides is 2. The number of nitrogens with one attached hydrogen (secondary N) is 2. The van der Waals surface area contributed by atoms with Gasteiger partial charge in [-0.2, -0.15) is 0 Å². The molecule has 0 heterocycles. The lowest BCUT2D eigenvalue weighted by Gasteiger charge is -2.12. The largest absolute Gasteiger partial charge is 0.352 e. The van der Waals surface area contributed by atoms with Crippen LogP contribution in [0.15, 0.2) is 54.6 Å². The molecule has 0 fully saturated rings. The molecule has 2 aromatic carbocycles. The number of nitrogens with two attached hydrogens (primary N) is 1. The van der Waals surface area contributed by atoms with Gasteiger partial charge in [-0.1, -0.05) is 37.3 Å². The Balaban J connectivity index is 1.90. The summed E-state index contributed by atoms with van der Waals surface area (Å²) < 4.78 is 0. The Bertz CT molecular complexity index is 669. The summed E-state index contributed by atoms with van der Waals surface area (Å²) in [5, 5.41) is 5.58. The predicted octanol–water partition coefficient (Wildman–Crippen LogP) is 2.33. The average molecular weight is 325 g/mol. The lowest BCUT2D eigenvalue weighted by molar-refractivity contribution is -0.117. The van der Waals surface area contributed by atoms with E-state index in [0.717, 1.165) is 12.0 Å². The zero-order valence-electron chi connectivity index (χ0n) is 13.8. The molecule has 0 radical (unpaired) electrons. The summed E-state index contributed by atoms with van der Waals surface area (Å²) in [4.78, 5) is 24.0. The Hall–Kier alpha value is -2.66. The molecule has 5 nitrogen and oxygen atoms in total. The Kier molecular flexibility index (Phi) is 6.51. The summed E-state index contributed by atoms with van der Waals surface area (Å²) in [6.45, 7) is 2.64. The van der Waals surface area contributed by atoms with Crippen molar-refractivity contribution in [3.63, 3.8) is 0 Å². The van der Waals surface area contributed by atoms with E-state index in [4.69, 9.17) is 5.73 Å². The van der Waals surface area contributed by atoms with Crippen LogP contribution in [0.5, 0.6) is 0 Å². The van der Waals surface area contributed by atoms with Gasteiger partial charge in [-0.15, -0.1) is 0 Å². The van der Waals surface area contributed by atoms with Crippen molar-refractivity contribution in [2.45, 2.75) is 25.8 Å². The van der Waals surface area contributed by atoms with Crippen molar-refractivity contribution >= 4 is 17.5 Å². The van der Waals surface area contributed by atoms with Crippen molar-refractivity contribution in [3.05, 3.63) is 65.7 Å². The molecule has 126 valence electrons. The molecule has 2 rings (SSSR count). The van der Waals surface area contributed by atoms with Gasteiger partial charge in [0, 0.05) is 17.8 Å². The average Bonchev–Trinajstić information content (AvgIpc) is 2.61. The molecule has 0 saturated heterocycles. The van der Waals surface area contributed by atoms with E-state index < -0.39 is 6.04 Å². The van der Waals surface area contributed by atoms with Crippen LogP contribution in [0.2, 0.25) is 0 Å². The number of hydrogen-bond acceptors (Lipinski definition) is 3. The second-order valence-electron chi connectivity index (χ2n) is 5.62. The van der Waals surface area contributed by atoms with Crippen LogP contribution in [0.1, 0.15) is 29.3 Å². The van der Waals surface area contributed by atoms with E-state index in [9.17, 15) is 9.59 Å². The molecule has 0 aromatic heterocycles. The number of carbonyl (C=O) groups is 2. The lowest BCUT2D eigenvalue weighted by atomic mass is 10.1. The van der Waals surface area contributed by atoms with E-state index >= 15 is 0 Å². The monoisotopic (exact) mass is 325 g/mol. The van der Waals surface area contributed by atoms with Crippen LogP contribution < -0.4 is 16.4 Å². The van der Waals surface area contributed by atoms with Gasteiger partial charge in [0.05, 0.1) is 6.04 Å². The second-order valence-corrected chi connectivity index (χ2v) is 5.62. The normalized spacial score (nSPS) is 11.6. The van der Waals surface area contributed by atoms with Crippen molar-refractivity contribution < 1.29 is 9.59 Å². The first-order valence-electron chi connectivity index (χ1n) is 8.08. The van der Waals surface area contributed by atoms with Gasteiger partial charge < -0.3 is 16.4 Å². The SMILES string of the molecule is CCCNC(=O)c1ccc(NC(=O)C(N)Cc2ccccc2)cc1. The number of hydrogen-bond donors (Lipinski definition) is 3. The molecule has 1 unspecified atom stereocenters. The van der Waals surface area contributed by atoms with Gasteiger partial charge in [0.1, 0.15) is 0 Å². The van der Waals surface area contributed by atoms with E-state index in [1.807, 2.05) is 37.3 Å². The minimum Gasteiger partial charge on any atom is -0.352 e. The van der Waals surface area contributed by atoms with Gasteiger partial charge in [-0.3, -0.25) is 9.59 Å². The highest BCUT2D eigenvalue weighted by Gasteiger charge is 2.14. The summed E-state index contributed by atoms with van der Waals surface area (Å²) in [6, 6.07) is 15.8. The first-order chi connectivity index (χ1) is 11.6. The Morgan fingerprint density at radius 1 is 1.04 bits per heavy atom. The zero-order valence-corrected chi connectivity index (χ0v) is 13.8. The van der Waals surface area contributed by atoms with Crippen LogP contribution in [-0.4, -0.2) is 24.4 Å². The van der Waals surface area contributed by atoms with Crippen LogP contribution in [0.3, 0.4) is 0 Å². The number of anilines is 1. The summed E-state index contributed by atoms with van der Waals surface area (Å²) >= 11 is 0. The standard InChI is InChI=1S/C19H23N3O2/c1-2-12-21-18(23)15-8-10-16(11-9-15)22-19(24)17(20)13-14-6-4-3-5-7-14/h3-11,17H,2,12-13,20H2,1H3,(H,21,23)(H,22,24). The third-order valence-electron chi connectivity index (χ3n) is 3.59. The summed E-state index contributed by atoms with van der Waals surface area (Å²) in [6.07, 6.45) is 1.36. The van der Waals surface area contributed by atoms with Gasteiger partial charge in [0.25, 0.3) is 5.91 Å². The summed E-state index contributed by atoms with van der Waals surface area (Å²) in [7, 11) is 0. The zero-order chi connectivity index (χ0) is 17.4. The van der Waals surface area contributed by atoms with E-state index in [2.05, 4.69) is 10.6 Å². The van der Waals surface area contributed by atoms with Gasteiger partial charge in [0.2, 0.25) is 5.91 Å². The molecule has 0 aliphatic carbocycles. The number of carbonyl (C=O) groups excluding carboxylic acids is 2. The topological polar surface area (TPSA) is 84.2 Å². The molecule has 1 atom stereocenters. The fourth-order valence-corrected chi connectivity index (χ4v) is 2.24. The van der Waals surface area contributed by atoms with Crippen LogP contribution in [0.25, 0.3) is 0 Å². The molecular formula is C19H23N3O2. The van der Waals surface area contributed by atoms with Crippen molar-refractivity contribution in [2.24, 2.45) is 5.73 Å². The van der Waals surface area contributed by atoms with Crippen LogP contribution in [0, 0.1) is 0 Å². The van der Waals surface area contributed by atoms with Crippen LogP contribution in [0.4, 0.5) is 5.69 Å². The quantitative estimate of drug-likeness (QED) is 0.730. The molecule has 0 saturated carbocycles. The molecule has 24 heavy (non-hydrogen) atoms. The minimum absolute atomic E-state index is 0.115. The van der Waals surface area contributed by atoms with E-state index in [1.54, 1.807) is 24.3 Å². The summed E-state index contributed by atoms with van der Waals surface area (Å²) in [5.74, 6) is -0.363. The van der Waals surface area contributed by atoms with Gasteiger partial charge in [-0.25, -0.2) is 0 Å². The molecule has 0 bridgehead atoms. The van der Waals surface area contributed by atoms with E-state index in [1.165, 1.54) is 0 Å². The fourth-order valence-electron chi connectivity index (χ4n) is 2.24. The van der Waals surface area contributed by atoms with Crippen LogP contribution in [-0.2, 0) is 11.2 Å². The van der Waals surface area contributed by atoms with Gasteiger partial charge in [0.15, 0.2) is 0 Å². The first kappa shape index (κ1) is 17.7. The highest BCUT2D eigenvalue weighted by molar-refractivity contribution is 5.97. The number of rotatable bonds is 7. The third-order valence-corrected chi connectivity index (χ3v) is 3.59. The molecule has 0 spiro atoms. The Morgan fingerprint density at radius 2 is 1.71 bits per heavy atom. The predicted molar refractivity (Wildman–Crippen MR) is 95.8 cm³/mol. The van der Waals surface area contributed by atoms with E-state index in [-0.39, 0.29) is 11.8 Å². The first-order valence-corrected chi connectivity index (χ1v) is 8.08. The molecule has 0 aliphatic rings. The molecule has 4 N–H and O–H groups in total. The molecule has 2 aromatic rings. The molecule has 2 amide bonds. The fraction of sp³-hybridized carbons (Fsp3) is 0.263.